The molecule has 1 rings (SSSR count). The lowest BCUT2D eigenvalue weighted by atomic mass is 10.3. The van der Waals surface area contributed by atoms with Gasteiger partial charge in [-0.25, -0.2) is 4.98 Å². The molecule has 0 unspecified atom stereocenters. The van der Waals surface area contributed by atoms with Crippen molar-refractivity contribution in [3.63, 3.8) is 0 Å². The first kappa shape index (κ1) is 17.4. The van der Waals surface area contributed by atoms with E-state index in [4.69, 9.17) is 0 Å². The van der Waals surface area contributed by atoms with E-state index in [-0.39, 0.29) is 6.54 Å². The highest BCUT2D eigenvalue weighted by Crippen LogP contribution is 2.15. The van der Waals surface area contributed by atoms with Crippen LogP contribution in [0.3, 0.4) is 0 Å². The molecule has 1 N–H and O–H groups in total. The van der Waals surface area contributed by atoms with Gasteiger partial charge in [-0.05, 0) is 26.2 Å². The predicted molar refractivity (Wildman–Crippen MR) is 85.6 cm³/mol. The van der Waals surface area contributed by atoms with Crippen LogP contribution < -0.4 is 5.32 Å². The van der Waals surface area contributed by atoms with Crippen molar-refractivity contribution in [2.24, 2.45) is 4.99 Å². The third kappa shape index (κ3) is 7.62. The van der Waals surface area contributed by atoms with Crippen molar-refractivity contribution in [2.75, 3.05) is 40.0 Å². The van der Waals surface area contributed by atoms with Crippen LogP contribution in [0.4, 0.5) is 0 Å². The molecule has 0 aliphatic rings. The first-order valence-electron chi connectivity index (χ1n) is 6.56. The fourth-order valence-corrected chi connectivity index (χ4v) is 2.40. The van der Waals surface area contributed by atoms with E-state index in [2.05, 4.69) is 20.2 Å². The Morgan fingerprint density at radius 2 is 2.29 bits per heavy atom. The number of pyridine rings is 1. The van der Waals surface area contributed by atoms with Crippen LogP contribution in [0.5, 0.6) is 0 Å². The van der Waals surface area contributed by atoms with Crippen LogP contribution in [0, 0.1) is 10.1 Å². The first-order valence-corrected chi connectivity index (χ1v) is 7.54. The van der Waals surface area contributed by atoms with Gasteiger partial charge in [-0.2, -0.15) is 0 Å². The lowest BCUT2D eigenvalue weighted by Crippen LogP contribution is -2.31. The highest BCUT2D eigenvalue weighted by atomic mass is 32.2. The van der Waals surface area contributed by atoms with Crippen LogP contribution in [0.15, 0.2) is 28.2 Å². The number of hydrogen-bond acceptors (Lipinski definition) is 6. The summed E-state index contributed by atoms with van der Waals surface area (Å²) in [7, 11) is 5.56. The molecular weight excluding hydrogens is 290 g/mol. The molecule has 8 heteroatoms. The Morgan fingerprint density at radius 3 is 2.90 bits per heavy atom. The van der Waals surface area contributed by atoms with Gasteiger partial charge in [0.2, 0.25) is 0 Å². The van der Waals surface area contributed by atoms with Crippen molar-refractivity contribution in [3.8, 4) is 0 Å². The maximum absolute atomic E-state index is 10.4. The predicted octanol–water partition coefficient (Wildman–Crippen LogP) is 1.13. The molecule has 21 heavy (non-hydrogen) atoms. The van der Waals surface area contributed by atoms with Gasteiger partial charge in [-0.15, -0.1) is 11.8 Å². The smallest absolute Gasteiger partial charge is 0.259 e. The highest BCUT2D eigenvalue weighted by Gasteiger charge is 2.05. The van der Waals surface area contributed by atoms with Gasteiger partial charge in [0.15, 0.2) is 5.84 Å². The molecule has 1 aromatic rings. The summed E-state index contributed by atoms with van der Waals surface area (Å²) in [6.07, 6.45) is 0. The minimum atomic E-state index is -0.394. The van der Waals surface area contributed by atoms with Crippen molar-refractivity contribution in [2.45, 2.75) is 11.6 Å². The van der Waals surface area contributed by atoms with Gasteiger partial charge in [0.25, 0.3) is 6.54 Å². The zero-order chi connectivity index (χ0) is 15.7. The molecule has 0 fully saturated rings. The van der Waals surface area contributed by atoms with Gasteiger partial charge >= 0.3 is 0 Å². The van der Waals surface area contributed by atoms with Crippen molar-refractivity contribution in [1.82, 2.24) is 15.2 Å². The molecule has 7 nitrogen and oxygen atoms in total. The number of amidine groups is 1. The second kappa shape index (κ2) is 9.30. The zero-order valence-corrected chi connectivity index (χ0v) is 13.4. The second-order valence-electron chi connectivity index (χ2n) is 4.64. The van der Waals surface area contributed by atoms with Crippen molar-refractivity contribution in [1.29, 1.82) is 0 Å². The van der Waals surface area contributed by atoms with E-state index in [1.807, 2.05) is 32.3 Å². The van der Waals surface area contributed by atoms with E-state index in [0.29, 0.717) is 12.4 Å². The molecule has 0 spiro atoms. The monoisotopic (exact) mass is 311 g/mol. The molecular formula is C13H21N5O2S. The summed E-state index contributed by atoms with van der Waals surface area (Å²) in [6, 6.07) is 5.96. The summed E-state index contributed by atoms with van der Waals surface area (Å²) >= 11 is 1.62. The number of nitro groups is 1. The summed E-state index contributed by atoms with van der Waals surface area (Å²) < 4.78 is 0. The normalized spacial score (nSPS) is 11.7. The molecule has 0 atom stereocenters. The SMILES string of the molecule is CN=C(C[N+](=O)[O-])NCCSc1cccc(CN(C)C)n1. The Bertz CT molecular complexity index is 493. The maximum atomic E-state index is 10.4. The molecule has 116 valence electrons. The number of hydrogen-bond donors (Lipinski definition) is 1. The van der Waals surface area contributed by atoms with Crippen LogP contribution in [-0.4, -0.2) is 60.6 Å². The van der Waals surface area contributed by atoms with Gasteiger partial charge in [0.05, 0.1) is 10.7 Å². The Kier molecular flexibility index (Phi) is 7.70. The topological polar surface area (TPSA) is 83.7 Å². The zero-order valence-electron chi connectivity index (χ0n) is 12.6. The standard InChI is InChI=1S/C13H21N5O2S/c1-14-12(10-18(19)20)15-7-8-21-13-6-4-5-11(16-13)9-17(2)3/h4-6H,7-10H2,1-3H3,(H,14,15). The maximum Gasteiger partial charge on any atom is 0.259 e. The van der Waals surface area contributed by atoms with E-state index in [0.717, 1.165) is 23.0 Å². The molecule has 0 aromatic carbocycles. The summed E-state index contributed by atoms with van der Waals surface area (Å²) in [5.41, 5.74) is 1.03. The Morgan fingerprint density at radius 1 is 1.52 bits per heavy atom. The van der Waals surface area contributed by atoms with Crippen LogP contribution in [-0.2, 0) is 6.54 Å². The molecule has 0 bridgehead atoms. The van der Waals surface area contributed by atoms with Gasteiger partial charge in [0, 0.05) is 30.8 Å². The van der Waals surface area contributed by atoms with Gasteiger partial charge < -0.3 is 10.2 Å². The molecule has 1 heterocycles. The van der Waals surface area contributed by atoms with E-state index in [9.17, 15) is 10.1 Å². The minimum absolute atomic E-state index is 0.266. The summed E-state index contributed by atoms with van der Waals surface area (Å²) in [5.74, 6) is 1.17. The number of thioether (sulfide) groups is 1. The highest BCUT2D eigenvalue weighted by molar-refractivity contribution is 7.99. The van der Waals surface area contributed by atoms with Crippen LogP contribution in [0.2, 0.25) is 0 Å². The van der Waals surface area contributed by atoms with E-state index in [1.165, 1.54) is 0 Å². The molecule has 0 saturated heterocycles. The van der Waals surface area contributed by atoms with Crippen LogP contribution >= 0.6 is 11.8 Å². The lowest BCUT2D eigenvalue weighted by molar-refractivity contribution is -0.463. The minimum Gasteiger partial charge on any atom is -0.368 e. The summed E-state index contributed by atoms with van der Waals surface area (Å²) in [5, 5.41) is 14.3. The Balaban J connectivity index is 2.37. The van der Waals surface area contributed by atoms with Gasteiger partial charge in [0.1, 0.15) is 0 Å². The number of aromatic nitrogens is 1. The van der Waals surface area contributed by atoms with Crippen molar-refractivity contribution >= 4 is 17.6 Å². The number of nitrogens with zero attached hydrogens (tertiary/aromatic N) is 4. The fraction of sp³-hybridized carbons (Fsp3) is 0.538. The van der Waals surface area contributed by atoms with Crippen molar-refractivity contribution in [3.05, 3.63) is 34.0 Å². The molecule has 0 radical (unpaired) electrons. The van der Waals surface area contributed by atoms with E-state index in [1.54, 1.807) is 18.8 Å². The first-order chi connectivity index (χ1) is 10.0. The number of aliphatic imine (C=N–C) groups is 1. The fourth-order valence-electron chi connectivity index (χ4n) is 1.63. The average Bonchev–Trinajstić information content (AvgIpc) is 2.41. The number of nitrogens with one attached hydrogen (secondary N) is 1. The van der Waals surface area contributed by atoms with Crippen LogP contribution in [0.1, 0.15) is 5.69 Å². The molecule has 0 amide bonds. The van der Waals surface area contributed by atoms with Crippen molar-refractivity contribution < 1.29 is 4.92 Å². The van der Waals surface area contributed by atoms with Crippen LogP contribution in [0.25, 0.3) is 0 Å². The van der Waals surface area contributed by atoms with E-state index < -0.39 is 4.92 Å². The van der Waals surface area contributed by atoms with E-state index >= 15 is 0 Å². The third-order valence-electron chi connectivity index (χ3n) is 2.49. The molecule has 0 aliphatic carbocycles. The average molecular weight is 311 g/mol. The lowest BCUT2D eigenvalue weighted by Gasteiger charge is -2.10. The quantitative estimate of drug-likeness (QED) is 0.193. The Hall–Kier alpha value is -1.67. The second-order valence-corrected chi connectivity index (χ2v) is 5.76. The van der Waals surface area contributed by atoms with Gasteiger partial charge in [-0.1, -0.05) is 6.07 Å². The Labute approximate surface area is 129 Å². The largest absolute Gasteiger partial charge is 0.368 e. The molecule has 0 saturated carbocycles. The molecule has 1 aromatic heterocycles. The number of rotatable bonds is 8. The summed E-state index contributed by atoms with van der Waals surface area (Å²) in [6.45, 7) is 1.16. The summed E-state index contributed by atoms with van der Waals surface area (Å²) in [4.78, 5) is 20.5. The third-order valence-corrected chi connectivity index (χ3v) is 3.42. The van der Waals surface area contributed by atoms with Gasteiger partial charge in [-0.3, -0.25) is 15.1 Å². The molecule has 0 aliphatic heterocycles.